The number of halogens is 2. The van der Waals surface area contributed by atoms with Gasteiger partial charge in [-0.05, 0) is 66.1 Å². The third-order valence-electron chi connectivity index (χ3n) is 5.75. The first-order chi connectivity index (χ1) is 16.0. The van der Waals surface area contributed by atoms with Gasteiger partial charge in [-0.1, -0.05) is 17.7 Å². The monoisotopic (exact) mass is 470 g/mol. The lowest BCUT2D eigenvalue weighted by Crippen LogP contribution is -2.43. The van der Waals surface area contributed by atoms with Gasteiger partial charge in [0.25, 0.3) is 0 Å². The zero-order valence-electron chi connectivity index (χ0n) is 18.5. The lowest BCUT2D eigenvalue weighted by molar-refractivity contribution is 0.192. The van der Waals surface area contributed by atoms with Crippen LogP contribution in [-0.4, -0.2) is 38.8 Å². The summed E-state index contributed by atoms with van der Waals surface area (Å²) >= 11 is 6.46. The summed E-state index contributed by atoms with van der Waals surface area (Å²) in [6, 6.07) is 14.0. The van der Waals surface area contributed by atoms with Crippen LogP contribution < -0.4 is 19.5 Å². The number of ether oxygens (including phenoxy) is 3. The van der Waals surface area contributed by atoms with Crippen molar-refractivity contribution in [1.82, 2.24) is 4.90 Å². The van der Waals surface area contributed by atoms with E-state index < -0.39 is 11.9 Å². The van der Waals surface area contributed by atoms with E-state index in [9.17, 15) is 4.79 Å². The van der Waals surface area contributed by atoms with E-state index in [1.54, 1.807) is 61.6 Å². The van der Waals surface area contributed by atoms with Crippen LogP contribution in [0.3, 0.4) is 0 Å². The molecule has 0 saturated carbocycles. The van der Waals surface area contributed by atoms with E-state index in [0.29, 0.717) is 35.9 Å². The molecule has 8 heteroatoms. The van der Waals surface area contributed by atoms with Crippen LogP contribution in [0.5, 0.6) is 17.2 Å². The standard InChI is InChI=1S/C25H24ClFN2O4/c1-31-17-9-7-16(8-10-17)28-25(30)29-12-11-15-13-21(32-2)22(33-3)14-18(15)24(29)23-19(26)5-4-6-20(23)27/h4-10,13-14,24H,11-12H2,1-3H3,(H,28,30)/t24-/m0/s1. The molecule has 0 aromatic heterocycles. The number of amides is 2. The van der Waals surface area contributed by atoms with Crippen LogP contribution in [-0.2, 0) is 6.42 Å². The lowest BCUT2D eigenvalue weighted by atomic mass is 9.87. The number of fused-ring (bicyclic) bond motifs is 1. The van der Waals surface area contributed by atoms with Gasteiger partial charge in [-0.25, -0.2) is 9.18 Å². The first-order valence-corrected chi connectivity index (χ1v) is 10.7. The Morgan fingerprint density at radius 2 is 1.73 bits per heavy atom. The van der Waals surface area contributed by atoms with E-state index in [1.807, 2.05) is 6.07 Å². The Kier molecular flexibility index (Phi) is 6.60. The number of carbonyl (C=O) groups is 1. The summed E-state index contributed by atoms with van der Waals surface area (Å²) < 4.78 is 31.2. The SMILES string of the molecule is COc1ccc(NC(=O)N2CCc3cc(OC)c(OC)cc3[C@H]2c2c(F)cccc2Cl)cc1. The number of rotatable bonds is 5. The second-order valence-corrected chi connectivity index (χ2v) is 7.95. The number of hydrogen-bond acceptors (Lipinski definition) is 4. The number of hydrogen-bond donors (Lipinski definition) is 1. The minimum atomic E-state index is -0.750. The van der Waals surface area contributed by atoms with Gasteiger partial charge in [-0.2, -0.15) is 0 Å². The largest absolute Gasteiger partial charge is 0.497 e. The molecule has 33 heavy (non-hydrogen) atoms. The fourth-order valence-electron chi connectivity index (χ4n) is 4.12. The van der Waals surface area contributed by atoms with Crippen molar-refractivity contribution in [3.05, 3.63) is 82.1 Å². The molecule has 1 aliphatic rings. The van der Waals surface area contributed by atoms with Crippen molar-refractivity contribution in [3.63, 3.8) is 0 Å². The van der Waals surface area contributed by atoms with Crippen LogP contribution in [0, 0.1) is 5.82 Å². The molecule has 1 aliphatic heterocycles. The molecule has 2 amide bonds. The van der Waals surface area contributed by atoms with Gasteiger partial charge in [0.2, 0.25) is 0 Å². The minimum absolute atomic E-state index is 0.234. The van der Waals surface area contributed by atoms with Gasteiger partial charge in [0.15, 0.2) is 11.5 Å². The predicted molar refractivity (Wildman–Crippen MR) is 125 cm³/mol. The third-order valence-corrected chi connectivity index (χ3v) is 6.08. The van der Waals surface area contributed by atoms with E-state index in [-0.39, 0.29) is 16.6 Å². The molecule has 0 radical (unpaired) electrons. The fraction of sp³-hybridized carbons (Fsp3) is 0.240. The third kappa shape index (κ3) is 4.41. The summed E-state index contributed by atoms with van der Waals surface area (Å²) in [6.45, 7) is 0.361. The number of nitrogens with one attached hydrogen (secondary N) is 1. The van der Waals surface area contributed by atoms with E-state index in [1.165, 1.54) is 13.2 Å². The molecule has 6 nitrogen and oxygen atoms in total. The number of nitrogens with zero attached hydrogens (tertiary/aromatic N) is 1. The molecular weight excluding hydrogens is 447 g/mol. The van der Waals surface area contributed by atoms with Crippen LogP contribution in [0.1, 0.15) is 22.7 Å². The molecule has 4 rings (SSSR count). The maximum Gasteiger partial charge on any atom is 0.322 e. The van der Waals surface area contributed by atoms with Gasteiger partial charge in [0.05, 0.1) is 27.4 Å². The lowest BCUT2D eigenvalue weighted by Gasteiger charge is -2.38. The highest BCUT2D eigenvalue weighted by Crippen LogP contribution is 2.43. The first kappa shape index (κ1) is 22.7. The van der Waals surface area contributed by atoms with Crippen molar-refractivity contribution in [1.29, 1.82) is 0 Å². The average molecular weight is 471 g/mol. The molecular formula is C25H24ClFN2O4. The highest BCUT2D eigenvalue weighted by Gasteiger charge is 2.36. The molecule has 0 fully saturated rings. The fourth-order valence-corrected chi connectivity index (χ4v) is 4.38. The summed E-state index contributed by atoms with van der Waals surface area (Å²) in [6.07, 6.45) is 0.564. The van der Waals surface area contributed by atoms with Crippen LogP contribution in [0.15, 0.2) is 54.6 Å². The number of carbonyl (C=O) groups excluding carboxylic acids is 1. The maximum atomic E-state index is 15.1. The summed E-state index contributed by atoms with van der Waals surface area (Å²) in [4.78, 5) is 15.0. The molecule has 172 valence electrons. The van der Waals surface area contributed by atoms with Crippen molar-refractivity contribution in [3.8, 4) is 17.2 Å². The van der Waals surface area contributed by atoms with E-state index in [2.05, 4.69) is 5.32 Å². The van der Waals surface area contributed by atoms with Gasteiger partial charge in [0, 0.05) is 22.8 Å². The number of anilines is 1. The molecule has 1 heterocycles. The molecule has 0 spiro atoms. The molecule has 1 atom stereocenters. The van der Waals surface area contributed by atoms with Gasteiger partial charge in [-0.3, -0.25) is 0 Å². The smallest absolute Gasteiger partial charge is 0.322 e. The van der Waals surface area contributed by atoms with E-state index in [4.69, 9.17) is 25.8 Å². The zero-order chi connectivity index (χ0) is 23.5. The van der Waals surface area contributed by atoms with Crippen LogP contribution in [0.25, 0.3) is 0 Å². The Balaban J connectivity index is 1.79. The molecule has 3 aromatic carbocycles. The van der Waals surface area contributed by atoms with Crippen molar-refractivity contribution in [2.45, 2.75) is 12.5 Å². The van der Waals surface area contributed by atoms with Gasteiger partial charge >= 0.3 is 6.03 Å². The second kappa shape index (κ2) is 9.58. The normalized spacial score (nSPS) is 14.9. The van der Waals surface area contributed by atoms with Gasteiger partial charge in [-0.15, -0.1) is 0 Å². The zero-order valence-corrected chi connectivity index (χ0v) is 19.3. The molecule has 0 saturated heterocycles. The van der Waals surface area contributed by atoms with Crippen molar-refractivity contribution >= 4 is 23.3 Å². The van der Waals surface area contributed by atoms with Crippen molar-refractivity contribution < 1.29 is 23.4 Å². The number of urea groups is 1. The van der Waals surface area contributed by atoms with E-state index >= 15 is 4.39 Å². The second-order valence-electron chi connectivity index (χ2n) is 7.55. The average Bonchev–Trinajstić information content (AvgIpc) is 2.83. The summed E-state index contributed by atoms with van der Waals surface area (Å²) in [5.74, 6) is 1.26. The minimum Gasteiger partial charge on any atom is -0.497 e. The van der Waals surface area contributed by atoms with E-state index in [0.717, 1.165) is 11.1 Å². The highest BCUT2D eigenvalue weighted by molar-refractivity contribution is 6.31. The molecule has 0 bridgehead atoms. The van der Waals surface area contributed by atoms with Crippen molar-refractivity contribution in [2.75, 3.05) is 33.2 Å². The maximum absolute atomic E-state index is 15.1. The summed E-state index contributed by atoms with van der Waals surface area (Å²) in [5.41, 5.74) is 2.50. The Bertz CT molecular complexity index is 1150. The highest BCUT2D eigenvalue weighted by atomic mass is 35.5. The molecule has 1 N–H and O–H groups in total. The Morgan fingerprint density at radius 3 is 2.36 bits per heavy atom. The molecule has 0 aliphatic carbocycles. The van der Waals surface area contributed by atoms with Crippen LogP contribution >= 0.6 is 11.6 Å². The molecule has 0 unspecified atom stereocenters. The topological polar surface area (TPSA) is 60.0 Å². The Morgan fingerprint density at radius 1 is 1.03 bits per heavy atom. The Labute approximate surface area is 196 Å². The summed E-state index contributed by atoms with van der Waals surface area (Å²) in [7, 11) is 4.67. The first-order valence-electron chi connectivity index (χ1n) is 10.4. The Hall–Kier alpha value is -3.45. The quantitative estimate of drug-likeness (QED) is 0.521. The van der Waals surface area contributed by atoms with Gasteiger partial charge in [0.1, 0.15) is 11.6 Å². The summed E-state index contributed by atoms with van der Waals surface area (Å²) in [5, 5.41) is 3.13. The van der Waals surface area contributed by atoms with Crippen molar-refractivity contribution in [2.24, 2.45) is 0 Å². The molecule has 3 aromatic rings. The predicted octanol–water partition coefficient (Wildman–Crippen LogP) is 5.68. The van der Waals surface area contributed by atoms with Crippen LogP contribution in [0.4, 0.5) is 14.9 Å². The van der Waals surface area contributed by atoms with Crippen LogP contribution in [0.2, 0.25) is 5.02 Å². The van der Waals surface area contributed by atoms with Gasteiger partial charge < -0.3 is 24.4 Å². The number of methoxy groups -OCH3 is 3. The number of benzene rings is 3.